The fraction of sp³-hybridized carbons (Fsp3) is 0.500. The van der Waals surface area contributed by atoms with Gasteiger partial charge in [0.15, 0.2) is 0 Å². The first-order valence-corrected chi connectivity index (χ1v) is 2.88. The quantitative estimate of drug-likeness (QED) is 0.376. The van der Waals surface area contributed by atoms with Crippen LogP contribution in [0.3, 0.4) is 0 Å². The van der Waals surface area contributed by atoms with E-state index in [2.05, 4.69) is 12.0 Å². The fourth-order valence-electron chi connectivity index (χ4n) is 0.408. The zero-order valence-electron chi connectivity index (χ0n) is 5.52. The molecule has 0 aliphatic heterocycles. The van der Waals surface area contributed by atoms with Crippen LogP contribution >= 0.6 is 0 Å². The summed E-state index contributed by atoms with van der Waals surface area (Å²) in [6.07, 6.45) is 10.2. The molecule has 0 aromatic carbocycles. The van der Waals surface area contributed by atoms with Crippen molar-refractivity contribution in [3.8, 4) is 12.3 Å². The third kappa shape index (κ3) is 3.49. The predicted octanol–water partition coefficient (Wildman–Crippen LogP) is 2.22. The molecule has 1 atom stereocenters. The first-order valence-electron chi connectivity index (χ1n) is 2.88. The number of hydrogen-bond acceptors (Lipinski definition) is 0. The second-order valence-corrected chi connectivity index (χ2v) is 1.87. The molecule has 0 heterocycles. The van der Waals surface area contributed by atoms with Gasteiger partial charge in [-0.1, -0.05) is 19.1 Å². The highest BCUT2D eigenvalue weighted by Crippen LogP contribution is 1.98. The summed E-state index contributed by atoms with van der Waals surface area (Å²) in [6.45, 7) is 4.04. The van der Waals surface area contributed by atoms with E-state index in [1.165, 1.54) is 0 Å². The van der Waals surface area contributed by atoms with Gasteiger partial charge in [-0.15, -0.1) is 12.3 Å². The normalized spacial score (nSPS) is 13.6. The standard InChI is InChI=1S/C8H12/c1-4-6-7-8(3)5-2/h2,4,6,8H,7H2,1,3H3. The van der Waals surface area contributed by atoms with Crippen molar-refractivity contribution in [3.63, 3.8) is 0 Å². The monoisotopic (exact) mass is 108 g/mol. The van der Waals surface area contributed by atoms with Crippen LogP contribution < -0.4 is 0 Å². The Hall–Kier alpha value is -0.700. The maximum Gasteiger partial charge on any atom is 0.0206 e. The molecule has 0 aromatic rings. The highest BCUT2D eigenvalue weighted by atomic mass is 13.9. The molecule has 44 valence electrons. The lowest BCUT2D eigenvalue weighted by molar-refractivity contribution is 0.773. The molecular weight excluding hydrogens is 96.1 g/mol. The Balaban J connectivity index is 3.28. The second kappa shape index (κ2) is 4.46. The minimum absolute atomic E-state index is 0.395. The van der Waals surface area contributed by atoms with Crippen LogP contribution in [-0.4, -0.2) is 0 Å². The van der Waals surface area contributed by atoms with Crippen LogP contribution in [0.25, 0.3) is 0 Å². The third-order valence-electron chi connectivity index (χ3n) is 1.01. The molecule has 0 saturated heterocycles. The summed E-state index contributed by atoms with van der Waals surface area (Å²) in [4.78, 5) is 0. The summed E-state index contributed by atoms with van der Waals surface area (Å²) in [5.41, 5.74) is 0. The lowest BCUT2D eigenvalue weighted by Gasteiger charge is -1.93. The smallest absolute Gasteiger partial charge is 0.0206 e. The lowest BCUT2D eigenvalue weighted by atomic mass is 10.1. The molecule has 0 spiro atoms. The molecule has 0 fully saturated rings. The van der Waals surface area contributed by atoms with Crippen molar-refractivity contribution in [2.45, 2.75) is 20.3 Å². The number of allylic oxidation sites excluding steroid dienone is 2. The van der Waals surface area contributed by atoms with Gasteiger partial charge < -0.3 is 0 Å². The van der Waals surface area contributed by atoms with E-state index in [0.29, 0.717) is 5.92 Å². The molecule has 0 aliphatic carbocycles. The Labute approximate surface area is 51.6 Å². The molecule has 0 rings (SSSR count). The van der Waals surface area contributed by atoms with Gasteiger partial charge in [0.25, 0.3) is 0 Å². The maximum absolute atomic E-state index is 5.13. The van der Waals surface area contributed by atoms with Crippen LogP contribution in [-0.2, 0) is 0 Å². The average molecular weight is 108 g/mol. The van der Waals surface area contributed by atoms with E-state index >= 15 is 0 Å². The molecular formula is C8H12. The number of terminal acetylenes is 1. The summed E-state index contributed by atoms with van der Waals surface area (Å²) >= 11 is 0. The largest absolute Gasteiger partial charge is 0.120 e. The summed E-state index contributed by atoms with van der Waals surface area (Å²) in [5, 5.41) is 0. The first-order chi connectivity index (χ1) is 3.81. The van der Waals surface area contributed by atoms with Crippen LogP contribution in [0.2, 0.25) is 0 Å². The van der Waals surface area contributed by atoms with Crippen molar-refractivity contribution >= 4 is 0 Å². The Kier molecular flexibility index (Phi) is 4.07. The molecule has 0 bridgehead atoms. The van der Waals surface area contributed by atoms with Crippen molar-refractivity contribution in [1.82, 2.24) is 0 Å². The molecule has 0 aromatic heterocycles. The minimum Gasteiger partial charge on any atom is -0.120 e. The molecule has 0 saturated carbocycles. The van der Waals surface area contributed by atoms with Crippen LogP contribution in [0.5, 0.6) is 0 Å². The van der Waals surface area contributed by atoms with Crippen molar-refractivity contribution in [3.05, 3.63) is 12.2 Å². The topological polar surface area (TPSA) is 0 Å². The molecule has 1 unspecified atom stereocenters. The Morgan fingerprint density at radius 2 is 2.38 bits per heavy atom. The van der Waals surface area contributed by atoms with Gasteiger partial charge in [-0.25, -0.2) is 0 Å². The van der Waals surface area contributed by atoms with Gasteiger partial charge in [-0.05, 0) is 13.3 Å². The van der Waals surface area contributed by atoms with Crippen molar-refractivity contribution in [1.29, 1.82) is 0 Å². The summed E-state index contributed by atoms with van der Waals surface area (Å²) in [7, 11) is 0. The molecule has 0 nitrogen and oxygen atoms in total. The minimum atomic E-state index is 0.395. The molecule has 0 heteroatoms. The first kappa shape index (κ1) is 7.30. The van der Waals surface area contributed by atoms with E-state index in [4.69, 9.17) is 6.42 Å². The zero-order valence-corrected chi connectivity index (χ0v) is 5.52. The zero-order chi connectivity index (χ0) is 6.41. The van der Waals surface area contributed by atoms with Gasteiger partial charge in [0.1, 0.15) is 0 Å². The summed E-state index contributed by atoms with van der Waals surface area (Å²) < 4.78 is 0. The van der Waals surface area contributed by atoms with Gasteiger partial charge in [0.05, 0.1) is 0 Å². The van der Waals surface area contributed by atoms with Gasteiger partial charge in [0.2, 0.25) is 0 Å². The van der Waals surface area contributed by atoms with Crippen molar-refractivity contribution in [2.24, 2.45) is 5.92 Å². The van der Waals surface area contributed by atoms with E-state index in [1.807, 2.05) is 19.9 Å². The van der Waals surface area contributed by atoms with Gasteiger partial charge in [0, 0.05) is 5.92 Å². The third-order valence-corrected chi connectivity index (χ3v) is 1.01. The van der Waals surface area contributed by atoms with Crippen molar-refractivity contribution < 1.29 is 0 Å². The average Bonchev–Trinajstić information content (AvgIpc) is 1.83. The number of hydrogen-bond donors (Lipinski definition) is 0. The van der Waals surface area contributed by atoms with E-state index < -0.39 is 0 Å². The highest BCUT2D eigenvalue weighted by Gasteiger charge is 1.88. The SMILES string of the molecule is C#CC(C)CC=CC. The molecule has 8 heavy (non-hydrogen) atoms. The van der Waals surface area contributed by atoms with Crippen LogP contribution in [0.1, 0.15) is 20.3 Å². The van der Waals surface area contributed by atoms with E-state index in [9.17, 15) is 0 Å². The van der Waals surface area contributed by atoms with Gasteiger partial charge in [-0.2, -0.15) is 0 Å². The van der Waals surface area contributed by atoms with E-state index in [-0.39, 0.29) is 0 Å². The Morgan fingerprint density at radius 1 is 1.75 bits per heavy atom. The maximum atomic E-state index is 5.13. The van der Waals surface area contributed by atoms with E-state index in [0.717, 1.165) is 6.42 Å². The fourth-order valence-corrected chi connectivity index (χ4v) is 0.408. The van der Waals surface area contributed by atoms with Gasteiger partial charge >= 0.3 is 0 Å². The van der Waals surface area contributed by atoms with E-state index in [1.54, 1.807) is 0 Å². The predicted molar refractivity (Wildman–Crippen MR) is 37.4 cm³/mol. The lowest BCUT2D eigenvalue weighted by Crippen LogP contribution is -1.83. The van der Waals surface area contributed by atoms with Crippen LogP contribution in [0.4, 0.5) is 0 Å². The number of rotatable bonds is 2. The van der Waals surface area contributed by atoms with Crippen LogP contribution in [0.15, 0.2) is 12.2 Å². The molecule has 0 aliphatic rings. The molecule has 0 radical (unpaired) electrons. The Bertz CT molecular complexity index is 104. The van der Waals surface area contributed by atoms with Crippen LogP contribution in [0, 0.1) is 18.3 Å². The van der Waals surface area contributed by atoms with Gasteiger partial charge in [-0.3, -0.25) is 0 Å². The second-order valence-electron chi connectivity index (χ2n) is 1.87. The Morgan fingerprint density at radius 3 is 2.75 bits per heavy atom. The molecule has 0 amide bonds. The summed E-state index contributed by atoms with van der Waals surface area (Å²) in [5.74, 6) is 3.04. The summed E-state index contributed by atoms with van der Waals surface area (Å²) in [6, 6.07) is 0. The highest BCUT2D eigenvalue weighted by molar-refractivity contribution is 4.94. The van der Waals surface area contributed by atoms with Crippen molar-refractivity contribution in [2.75, 3.05) is 0 Å². The molecule has 0 N–H and O–H groups in total.